The van der Waals surface area contributed by atoms with Crippen LogP contribution in [0.5, 0.6) is 0 Å². The topological polar surface area (TPSA) is 75.7 Å². The zero-order chi connectivity index (χ0) is 31.9. The molecular weight excluding hydrogens is 574 g/mol. The summed E-state index contributed by atoms with van der Waals surface area (Å²) in [7, 11) is 0. The average Bonchev–Trinajstić information content (AvgIpc) is 3.45. The van der Waals surface area contributed by atoms with Crippen LogP contribution in [-0.4, -0.2) is 28.3 Å². The Hall–Kier alpha value is -4.07. The average molecular weight is 615 g/mol. The Kier molecular flexibility index (Phi) is 8.27. The fraction of sp³-hybridized carbons (Fsp3) is 0.432. The number of nitrogens with one attached hydrogen (secondary N) is 1. The van der Waals surface area contributed by atoms with Gasteiger partial charge in [0.25, 0.3) is 5.91 Å². The maximum Gasteiger partial charge on any atom is 0.312 e. The molecule has 236 valence electrons. The van der Waals surface area contributed by atoms with Gasteiger partial charge in [-0.1, -0.05) is 49.2 Å². The summed E-state index contributed by atoms with van der Waals surface area (Å²) < 4.78 is 33.1. The molecule has 0 bridgehead atoms. The van der Waals surface area contributed by atoms with E-state index in [9.17, 15) is 23.2 Å². The molecule has 1 aliphatic heterocycles. The van der Waals surface area contributed by atoms with Crippen molar-refractivity contribution in [2.45, 2.75) is 90.3 Å². The number of esters is 1. The first-order chi connectivity index (χ1) is 21.4. The summed E-state index contributed by atoms with van der Waals surface area (Å²) in [5.41, 5.74) is 3.14. The lowest BCUT2D eigenvalue weighted by Gasteiger charge is -2.25. The first-order valence-corrected chi connectivity index (χ1v) is 15.9. The summed E-state index contributed by atoms with van der Waals surface area (Å²) >= 11 is 0. The maximum atomic E-state index is 13.9. The Balaban J connectivity index is 1.14. The third-order valence-corrected chi connectivity index (χ3v) is 9.31. The van der Waals surface area contributed by atoms with Crippen LogP contribution >= 0.6 is 0 Å². The number of ether oxygens (including phenoxy) is 1. The van der Waals surface area contributed by atoms with Crippen molar-refractivity contribution in [1.29, 1.82) is 0 Å². The van der Waals surface area contributed by atoms with Crippen LogP contribution in [0.1, 0.15) is 97.8 Å². The molecule has 3 aromatic carbocycles. The molecule has 2 fully saturated rings. The number of nitrogens with zero attached hydrogens (tertiary/aromatic N) is 1. The zero-order valence-corrected chi connectivity index (χ0v) is 26.1. The number of hydrogen-bond donors (Lipinski definition) is 1. The van der Waals surface area contributed by atoms with Crippen molar-refractivity contribution < 1.29 is 27.9 Å². The molecule has 1 N–H and O–H groups in total. The second-order valence-electron chi connectivity index (χ2n) is 14.0. The van der Waals surface area contributed by atoms with Gasteiger partial charge in [-0.15, -0.1) is 0 Å². The largest absolute Gasteiger partial charge is 0.460 e. The summed E-state index contributed by atoms with van der Waals surface area (Å²) in [4.78, 5) is 41.1. The van der Waals surface area contributed by atoms with Crippen LogP contribution < -0.4 is 5.32 Å². The van der Waals surface area contributed by atoms with E-state index < -0.39 is 22.7 Å². The molecule has 0 radical (unpaired) electrons. The Morgan fingerprint density at radius 2 is 1.67 bits per heavy atom. The lowest BCUT2D eigenvalue weighted by atomic mass is 9.83. The third kappa shape index (κ3) is 6.80. The second kappa shape index (κ2) is 12.0. The molecule has 2 saturated carbocycles. The number of fused-ring (bicyclic) bond motifs is 1. The number of halogens is 2. The number of carbonyl (C=O) groups is 3. The summed E-state index contributed by atoms with van der Waals surface area (Å²) in [6.07, 6.45) is 6.31. The molecule has 0 aromatic heterocycles. The summed E-state index contributed by atoms with van der Waals surface area (Å²) in [5, 5.41) is 3.16. The summed E-state index contributed by atoms with van der Waals surface area (Å²) in [6, 6.07) is 17.6. The smallest absolute Gasteiger partial charge is 0.312 e. The van der Waals surface area contributed by atoms with E-state index in [1.807, 2.05) is 69.3 Å². The minimum Gasteiger partial charge on any atom is -0.460 e. The Morgan fingerprint density at radius 1 is 0.978 bits per heavy atom. The minimum atomic E-state index is -1.02. The molecular formula is C37H40F2N2O4. The quantitative estimate of drug-likeness (QED) is 0.251. The van der Waals surface area contributed by atoms with Crippen LogP contribution in [0, 0.1) is 23.0 Å². The fourth-order valence-electron chi connectivity index (χ4n) is 6.83. The second-order valence-corrected chi connectivity index (χ2v) is 14.0. The minimum absolute atomic E-state index is 0.0608. The van der Waals surface area contributed by atoms with E-state index in [2.05, 4.69) is 5.32 Å². The lowest BCUT2D eigenvalue weighted by molar-refractivity contribution is -0.161. The van der Waals surface area contributed by atoms with Crippen molar-refractivity contribution in [3.63, 3.8) is 0 Å². The molecule has 2 aliphatic carbocycles. The van der Waals surface area contributed by atoms with Crippen LogP contribution in [0.2, 0.25) is 0 Å². The van der Waals surface area contributed by atoms with Crippen molar-refractivity contribution in [1.82, 2.24) is 4.90 Å². The normalized spacial score (nSPS) is 18.1. The first kappa shape index (κ1) is 30.9. The van der Waals surface area contributed by atoms with E-state index in [0.717, 1.165) is 67.3 Å². The van der Waals surface area contributed by atoms with Gasteiger partial charge < -0.3 is 15.0 Å². The highest BCUT2D eigenvalue weighted by Crippen LogP contribution is 2.50. The van der Waals surface area contributed by atoms with E-state index in [1.54, 1.807) is 4.90 Å². The van der Waals surface area contributed by atoms with Gasteiger partial charge in [0.1, 0.15) is 5.60 Å². The number of carbonyl (C=O) groups excluding carboxylic acids is 3. The lowest BCUT2D eigenvalue weighted by Crippen LogP contribution is -2.30. The van der Waals surface area contributed by atoms with Gasteiger partial charge in [-0.25, -0.2) is 8.78 Å². The van der Waals surface area contributed by atoms with Crippen LogP contribution in [0.15, 0.2) is 60.7 Å². The third-order valence-electron chi connectivity index (χ3n) is 9.31. The van der Waals surface area contributed by atoms with Crippen molar-refractivity contribution >= 4 is 23.5 Å². The summed E-state index contributed by atoms with van der Waals surface area (Å²) in [5.74, 6) is -2.62. The van der Waals surface area contributed by atoms with Crippen molar-refractivity contribution in [2.75, 3.05) is 5.32 Å². The molecule has 45 heavy (non-hydrogen) atoms. The predicted molar refractivity (Wildman–Crippen MR) is 167 cm³/mol. The van der Waals surface area contributed by atoms with Gasteiger partial charge in [0.2, 0.25) is 5.91 Å². The van der Waals surface area contributed by atoms with Crippen LogP contribution in [0.25, 0.3) is 0 Å². The molecule has 1 heterocycles. The number of hydrogen-bond acceptors (Lipinski definition) is 4. The van der Waals surface area contributed by atoms with E-state index in [4.69, 9.17) is 4.74 Å². The van der Waals surface area contributed by atoms with Gasteiger partial charge in [-0.05, 0) is 105 Å². The molecule has 2 amide bonds. The maximum absolute atomic E-state index is 13.9. The van der Waals surface area contributed by atoms with Crippen molar-refractivity contribution in [3.05, 3.63) is 100 Å². The van der Waals surface area contributed by atoms with E-state index in [0.29, 0.717) is 24.2 Å². The Labute approximate surface area is 263 Å². The van der Waals surface area contributed by atoms with Gasteiger partial charge in [-0.3, -0.25) is 14.4 Å². The van der Waals surface area contributed by atoms with Crippen molar-refractivity contribution in [3.8, 4) is 0 Å². The highest BCUT2D eigenvalue weighted by Gasteiger charge is 2.52. The highest BCUT2D eigenvalue weighted by molar-refractivity contribution is 5.98. The van der Waals surface area contributed by atoms with Crippen LogP contribution in [0.3, 0.4) is 0 Å². The van der Waals surface area contributed by atoms with Gasteiger partial charge >= 0.3 is 5.97 Å². The van der Waals surface area contributed by atoms with Crippen LogP contribution in [0.4, 0.5) is 14.5 Å². The van der Waals surface area contributed by atoms with Gasteiger partial charge in [-0.2, -0.15) is 0 Å². The monoisotopic (exact) mass is 614 g/mol. The molecule has 6 nitrogen and oxygen atoms in total. The molecule has 1 atom stereocenters. The van der Waals surface area contributed by atoms with Gasteiger partial charge in [0.05, 0.1) is 11.3 Å². The Bertz CT molecular complexity index is 1620. The SMILES string of the molecule is CC(C)(C)OC(=O)C1(Cc2cccc(NC(=O)C(c3ccc(CN4Cc5cc(F)c(F)cc5C4=O)cc3)C3CCCC3)c2)CC1. The first-order valence-electron chi connectivity index (χ1n) is 15.9. The van der Waals surface area contributed by atoms with Gasteiger partial charge in [0.15, 0.2) is 11.6 Å². The number of amides is 2. The highest BCUT2D eigenvalue weighted by atomic mass is 19.2. The molecule has 3 aliphatic rings. The van der Waals surface area contributed by atoms with E-state index >= 15 is 0 Å². The van der Waals surface area contributed by atoms with Gasteiger partial charge in [0, 0.05) is 24.3 Å². The van der Waals surface area contributed by atoms with Crippen LogP contribution in [-0.2, 0) is 33.8 Å². The van der Waals surface area contributed by atoms with E-state index in [-0.39, 0.29) is 41.7 Å². The van der Waals surface area contributed by atoms with Crippen molar-refractivity contribution in [2.24, 2.45) is 11.3 Å². The number of anilines is 1. The molecule has 3 aromatic rings. The summed E-state index contributed by atoms with van der Waals surface area (Å²) in [6.45, 7) is 6.16. The molecule has 0 saturated heterocycles. The molecule has 8 heteroatoms. The number of rotatable bonds is 9. The predicted octanol–water partition coefficient (Wildman–Crippen LogP) is 7.70. The molecule has 0 spiro atoms. The molecule has 6 rings (SSSR count). The molecule has 1 unspecified atom stereocenters. The Morgan fingerprint density at radius 3 is 2.33 bits per heavy atom. The fourth-order valence-corrected chi connectivity index (χ4v) is 6.83. The standard InChI is InChI=1S/C37H40F2N2O4/c1-36(2,3)45-35(44)37(15-16-37)20-24-7-6-10-28(17-24)40-33(42)32(25-8-4-5-9-25)26-13-11-23(12-14-26)21-41-22-27-18-30(38)31(39)19-29(27)34(41)43/h6-7,10-14,17-19,25,32H,4-5,8-9,15-16,20-22H2,1-3H3,(H,40,42). The zero-order valence-electron chi connectivity index (χ0n) is 26.1. The van der Waals surface area contributed by atoms with E-state index in [1.165, 1.54) is 0 Å². The number of benzene rings is 3.